The number of aryl methyl sites for hydroxylation is 2. The van der Waals surface area contributed by atoms with Crippen molar-refractivity contribution in [1.29, 1.82) is 0 Å². The Bertz CT molecular complexity index is 733. The largest absolute Gasteiger partial charge is 0.354 e. The molecule has 1 aromatic heterocycles. The summed E-state index contributed by atoms with van der Waals surface area (Å²) >= 11 is 0. The minimum atomic E-state index is 0.652. The predicted molar refractivity (Wildman–Crippen MR) is 84.8 cm³/mol. The van der Waals surface area contributed by atoms with E-state index in [1.54, 1.807) is 0 Å². The Kier molecular flexibility index (Phi) is 3.33. The maximum atomic E-state index is 5.79. The molecule has 0 saturated carbocycles. The van der Waals surface area contributed by atoms with Gasteiger partial charge in [0.25, 0.3) is 0 Å². The van der Waals surface area contributed by atoms with E-state index in [0.717, 1.165) is 11.9 Å². The van der Waals surface area contributed by atoms with Gasteiger partial charge in [-0.05, 0) is 68.3 Å². The summed E-state index contributed by atoms with van der Waals surface area (Å²) in [5.74, 6) is 0. The molecule has 20 heavy (non-hydrogen) atoms. The molecule has 0 bridgehead atoms. The lowest BCUT2D eigenvalue weighted by molar-refractivity contribution is 0.978. The number of nitrogens with two attached hydrogens (primary N) is 1. The summed E-state index contributed by atoms with van der Waals surface area (Å²) in [7, 11) is 0. The number of nitrogens with one attached hydrogen (secondary N) is 1. The van der Waals surface area contributed by atoms with E-state index in [4.69, 9.17) is 5.73 Å². The summed E-state index contributed by atoms with van der Waals surface area (Å²) in [4.78, 5) is 3.54. The number of aromatic nitrogens is 1. The zero-order chi connectivity index (χ0) is 14.1. The second kappa shape index (κ2) is 5.14. The van der Waals surface area contributed by atoms with Crippen LogP contribution in [0.5, 0.6) is 0 Å². The molecule has 0 aliphatic heterocycles. The third-order valence-corrected chi connectivity index (χ3v) is 3.66. The highest BCUT2D eigenvalue weighted by atomic mass is 14.7. The smallest absolute Gasteiger partial charge is 0.0498 e. The van der Waals surface area contributed by atoms with Crippen molar-refractivity contribution in [1.82, 2.24) is 4.98 Å². The minimum absolute atomic E-state index is 0.652. The second-order valence-corrected chi connectivity index (χ2v) is 5.37. The van der Waals surface area contributed by atoms with E-state index in [-0.39, 0.29) is 0 Å². The van der Waals surface area contributed by atoms with Gasteiger partial charge in [0.05, 0.1) is 0 Å². The third-order valence-electron chi connectivity index (χ3n) is 3.66. The zero-order valence-corrected chi connectivity index (χ0v) is 12.0. The van der Waals surface area contributed by atoms with Crippen LogP contribution in [0.2, 0.25) is 0 Å². The average Bonchev–Trinajstić information content (AvgIpc) is 2.77. The van der Waals surface area contributed by atoms with Gasteiger partial charge in [0.1, 0.15) is 0 Å². The van der Waals surface area contributed by atoms with Gasteiger partial charge in [-0.25, -0.2) is 0 Å². The van der Waals surface area contributed by atoms with Crippen molar-refractivity contribution in [2.24, 2.45) is 5.73 Å². The lowest BCUT2D eigenvalue weighted by atomic mass is 9.99. The molecule has 0 spiro atoms. The molecule has 0 unspecified atom stereocenters. The van der Waals surface area contributed by atoms with E-state index in [2.05, 4.69) is 49.2 Å². The van der Waals surface area contributed by atoms with Crippen LogP contribution in [0.1, 0.15) is 16.7 Å². The van der Waals surface area contributed by atoms with Crippen LogP contribution in [0.15, 0.2) is 36.4 Å². The standard InChI is InChI=1S/C18H19N2/c1-12-9-13(2)11-14(10-12)18-16(7-8-19)15-5-3-4-6-17(15)20-18/h4-6,9-11,20H,7-8,19H2,1-2H3. The van der Waals surface area contributed by atoms with E-state index in [1.165, 1.54) is 33.3 Å². The zero-order valence-electron chi connectivity index (χ0n) is 12.0. The van der Waals surface area contributed by atoms with Crippen LogP contribution in [0, 0.1) is 19.9 Å². The summed E-state index contributed by atoms with van der Waals surface area (Å²) in [6.45, 7) is 4.92. The van der Waals surface area contributed by atoms with Crippen molar-refractivity contribution < 1.29 is 0 Å². The topological polar surface area (TPSA) is 41.8 Å². The van der Waals surface area contributed by atoms with Crippen LogP contribution < -0.4 is 5.73 Å². The Morgan fingerprint density at radius 1 is 1.15 bits per heavy atom. The molecule has 2 aromatic carbocycles. The van der Waals surface area contributed by atoms with Crippen molar-refractivity contribution in [3.05, 3.63) is 59.2 Å². The fraction of sp³-hybridized carbons (Fsp3) is 0.222. The van der Waals surface area contributed by atoms with Crippen LogP contribution in [-0.4, -0.2) is 11.5 Å². The van der Waals surface area contributed by atoms with Gasteiger partial charge in [-0.3, -0.25) is 0 Å². The molecule has 0 aliphatic carbocycles. The number of hydrogen-bond donors (Lipinski definition) is 2. The van der Waals surface area contributed by atoms with Crippen LogP contribution in [0.3, 0.4) is 0 Å². The lowest BCUT2D eigenvalue weighted by Crippen LogP contribution is -2.03. The first-order valence-corrected chi connectivity index (χ1v) is 6.98. The first-order chi connectivity index (χ1) is 9.69. The molecule has 0 fully saturated rings. The van der Waals surface area contributed by atoms with Crippen molar-refractivity contribution in [3.8, 4) is 11.3 Å². The monoisotopic (exact) mass is 263 g/mol. The highest BCUT2D eigenvalue weighted by molar-refractivity contribution is 5.90. The Morgan fingerprint density at radius 3 is 2.60 bits per heavy atom. The number of benzene rings is 2. The van der Waals surface area contributed by atoms with Crippen LogP contribution >= 0.6 is 0 Å². The van der Waals surface area contributed by atoms with Gasteiger partial charge >= 0.3 is 0 Å². The molecule has 1 radical (unpaired) electrons. The number of fused-ring (bicyclic) bond motifs is 1. The summed E-state index contributed by atoms with van der Waals surface area (Å²) in [5.41, 5.74) is 13.2. The van der Waals surface area contributed by atoms with Gasteiger partial charge in [-0.1, -0.05) is 23.3 Å². The molecule has 1 heterocycles. The molecule has 3 aromatic rings. The Balaban J connectivity index is 2.26. The van der Waals surface area contributed by atoms with Crippen LogP contribution in [-0.2, 0) is 6.42 Å². The quantitative estimate of drug-likeness (QED) is 0.742. The molecule has 0 amide bonds. The minimum Gasteiger partial charge on any atom is -0.354 e. The Morgan fingerprint density at radius 2 is 1.90 bits per heavy atom. The fourth-order valence-electron chi connectivity index (χ4n) is 2.90. The summed E-state index contributed by atoms with van der Waals surface area (Å²) in [6.07, 6.45) is 0.875. The van der Waals surface area contributed by atoms with Crippen molar-refractivity contribution in [2.45, 2.75) is 20.3 Å². The van der Waals surface area contributed by atoms with Gasteiger partial charge < -0.3 is 10.7 Å². The number of hydrogen-bond acceptors (Lipinski definition) is 1. The van der Waals surface area contributed by atoms with Crippen molar-refractivity contribution in [3.63, 3.8) is 0 Å². The van der Waals surface area contributed by atoms with E-state index in [1.807, 2.05) is 12.1 Å². The first-order valence-electron chi connectivity index (χ1n) is 6.98. The van der Waals surface area contributed by atoms with E-state index in [9.17, 15) is 0 Å². The highest BCUT2D eigenvalue weighted by Gasteiger charge is 2.12. The Labute approximate surface area is 119 Å². The summed E-state index contributed by atoms with van der Waals surface area (Å²) in [6, 6.07) is 15.9. The molecule has 2 nitrogen and oxygen atoms in total. The molecule has 0 saturated heterocycles. The SMILES string of the molecule is Cc1cc(C)cc(-c2[nH]c3cc[c]cc3c2CCN)c1. The van der Waals surface area contributed by atoms with E-state index in [0.29, 0.717) is 6.54 Å². The molecule has 0 aliphatic rings. The van der Waals surface area contributed by atoms with Crippen LogP contribution in [0.4, 0.5) is 0 Å². The lowest BCUT2D eigenvalue weighted by Gasteiger charge is -2.07. The average molecular weight is 263 g/mol. The number of aromatic amines is 1. The molecule has 0 atom stereocenters. The third kappa shape index (κ3) is 2.23. The molecule has 2 heteroatoms. The molecule has 101 valence electrons. The number of H-pyrrole nitrogens is 1. The maximum Gasteiger partial charge on any atom is 0.0498 e. The van der Waals surface area contributed by atoms with E-state index < -0.39 is 0 Å². The molecule has 3 rings (SSSR count). The normalized spacial score (nSPS) is 11.2. The van der Waals surface area contributed by atoms with Gasteiger partial charge in [-0.15, -0.1) is 0 Å². The Hall–Kier alpha value is -2.06. The fourth-order valence-corrected chi connectivity index (χ4v) is 2.90. The second-order valence-electron chi connectivity index (χ2n) is 5.37. The molecular weight excluding hydrogens is 244 g/mol. The summed E-state index contributed by atoms with van der Waals surface area (Å²) < 4.78 is 0. The molecule has 3 N–H and O–H groups in total. The highest BCUT2D eigenvalue weighted by Crippen LogP contribution is 2.31. The van der Waals surface area contributed by atoms with Crippen molar-refractivity contribution in [2.75, 3.05) is 6.54 Å². The number of rotatable bonds is 3. The maximum absolute atomic E-state index is 5.79. The van der Waals surface area contributed by atoms with Gasteiger partial charge in [-0.2, -0.15) is 0 Å². The first kappa shape index (κ1) is 12.9. The molecular formula is C18H19N2. The predicted octanol–water partition coefficient (Wildman–Crippen LogP) is 3.75. The van der Waals surface area contributed by atoms with Crippen molar-refractivity contribution >= 4 is 10.9 Å². The van der Waals surface area contributed by atoms with Gasteiger partial charge in [0, 0.05) is 16.6 Å². The summed E-state index contributed by atoms with van der Waals surface area (Å²) in [5, 5.41) is 1.23. The van der Waals surface area contributed by atoms with Gasteiger partial charge in [0.2, 0.25) is 0 Å². The van der Waals surface area contributed by atoms with Crippen LogP contribution in [0.25, 0.3) is 22.2 Å². The van der Waals surface area contributed by atoms with E-state index >= 15 is 0 Å². The van der Waals surface area contributed by atoms with Gasteiger partial charge in [0.15, 0.2) is 0 Å².